The summed E-state index contributed by atoms with van der Waals surface area (Å²) in [6.07, 6.45) is -0.557. The maximum atomic E-state index is 12.6. The van der Waals surface area contributed by atoms with Gasteiger partial charge in [-0.05, 0) is 17.7 Å². The van der Waals surface area contributed by atoms with Crippen molar-refractivity contribution < 1.29 is 17.9 Å². The summed E-state index contributed by atoms with van der Waals surface area (Å²) in [4.78, 5) is 0. The summed E-state index contributed by atoms with van der Waals surface area (Å²) in [5, 5.41) is 3.12. The van der Waals surface area contributed by atoms with Gasteiger partial charge in [-0.15, -0.1) is 0 Å². The zero-order valence-corrected chi connectivity index (χ0v) is 13.9. The Morgan fingerprint density at radius 3 is 2.14 bits per heavy atom. The fraction of sp³-hybridized carbons (Fsp3) is 0.529. The fourth-order valence-corrected chi connectivity index (χ4v) is 1.74. The Balaban J connectivity index is 0.00000102. The van der Waals surface area contributed by atoms with E-state index in [-0.39, 0.29) is 5.75 Å². The summed E-state index contributed by atoms with van der Waals surface area (Å²) >= 11 is 0. The van der Waals surface area contributed by atoms with Crippen molar-refractivity contribution in [2.75, 3.05) is 20.2 Å². The number of methoxy groups -OCH3 is 1. The number of rotatable bonds is 3. The molecule has 22 heavy (non-hydrogen) atoms. The standard InChI is InChI=1S/C13H14F3NO.2C2H6/c1-18-12-6-9(2-3-10-7-17-8-10)4-5-11(12)13(14,15)16;2*1-2/h2-6,10,17H,7-8H2,1H3;2*1-2H3/b3-2+;;. The van der Waals surface area contributed by atoms with Crippen LogP contribution in [0.2, 0.25) is 0 Å². The minimum atomic E-state index is -4.38. The van der Waals surface area contributed by atoms with Gasteiger partial charge in [-0.25, -0.2) is 0 Å². The Morgan fingerprint density at radius 2 is 1.73 bits per heavy atom. The smallest absolute Gasteiger partial charge is 0.419 e. The van der Waals surface area contributed by atoms with E-state index in [0.717, 1.165) is 19.2 Å². The number of halogens is 3. The SMILES string of the molecule is CC.CC.COc1cc(/C=C/C2CNC2)ccc1C(F)(F)F. The molecule has 0 unspecified atom stereocenters. The van der Waals surface area contributed by atoms with Gasteiger partial charge in [-0.1, -0.05) is 45.9 Å². The molecule has 5 heteroatoms. The Hall–Kier alpha value is -1.49. The van der Waals surface area contributed by atoms with Gasteiger partial charge in [0.1, 0.15) is 5.75 Å². The van der Waals surface area contributed by atoms with Crippen molar-refractivity contribution in [1.82, 2.24) is 5.32 Å². The minimum absolute atomic E-state index is 0.142. The molecule has 0 bridgehead atoms. The molecule has 2 rings (SSSR count). The van der Waals surface area contributed by atoms with Crippen LogP contribution in [0.1, 0.15) is 38.8 Å². The first kappa shape index (κ1) is 20.5. The van der Waals surface area contributed by atoms with Crippen LogP contribution < -0.4 is 10.1 Å². The molecule has 1 heterocycles. The molecule has 1 aliphatic rings. The van der Waals surface area contributed by atoms with Crippen LogP contribution in [0.4, 0.5) is 13.2 Å². The first-order chi connectivity index (χ1) is 10.5. The first-order valence-corrected chi connectivity index (χ1v) is 7.65. The van der Waals surface area contributed by atoms with Crippen molar-refractivity contribution in [3.63, 3.8) is 0 Å². The van der Waals surface area contributed by atoms with E-state index in [4.69, 9.17) is 4.74 Å². The van der Waals surface area contributed by atoms with Crippen LogP contribution in [0, 0.1) is 5.92 Å². The second-order valence-corrected chi connectivity index (χ2v) is 4.23. The van der Waals surface area contributed by atoms with Crippen molar-refractivity contribution in [2.24, 2.45) is 5.92 Å². The van der Waals surface area contributed by atoms with E-state index in [2.05, 4.69) is 5.32 Å². The molecule has 1 fully saturated rings. The Kier molecular flexibility index (Phi) is 9.58. The fourth-order valence-electron chi connectivity index (χ4n) is 1.74. The van der Waals surface area contributed by atoms with Crippen molar-refractivity contribution in [3.05, 3.63) is 35.4 Å². The molecule has 1 aromatic carbocycles. The Bertz CT molecular complexity index is 452. The van der Waals surface area contributed by atoms with Crippen molar-refractivity contribution in [3.8, 4) is 5.75 Å². The predicted octanol–water partition coefficient (Wildman–Crippen LogP) is 5.00. The lowest BCUT2D eigenvalue weighted by atomic mass is 10.0. The molecule has 1 aromatic rings. The van der Waals surface area contributed by atoms with Crippen LogP contribution in [-0.4, -0.2) is 20.2 Å². The number of ether oxygens (including phenoxy) is 1. The van der Waals surface area contributed by atoms with Gasteiger partial charge in [0.05, 0.1) is 12.7 Å². The maximum absolute atomic E-state index is 12.6. The van der Waals surface area contributed by atoms with E-state index in [1.54, 1.807) is 0 Å². The van der Waals surface area contributed by atoms with Crippen molar-refractivity contribution in [1.29, 1.82) is 0 Å². The highest BCUT2D eigenvalue weighted by Gasteiger charge is 2.34. The van der Waals surface area contributed by atoms with Gasteiger partial charge < -0.3 is 10.1 Å². The van der Waals surface area contributed by atoms with Gasteiger partial charge in [0.25, 0.3) is 0 Å². The van der Waals surface area contributed by atoms with E-state index >= 15 is 0 Å². The monoisotopic (exact) mass is 317 g/mol. The van der Waals surface area contributed by atoms with Crippen LogP contribution in [-0.2, 0) is 6.18 Å². The molecule has 0 spiro atoms. The number of alkyl halides is 3. The summed E-state index contributed by atoms with van der Waals surface area (Å²) in [6, 6.07) is 3.91. The third-order valence-corrected chi connectivity index (χ3v) is 2.90. The molecule has 0 saturated carbocycles. The average Bonchev–Trinajstić information content (AvgIpc) is 2.48. The van der Waals surface area contributed by atoms with Crippen LogP contribution in [0.15, 0.2) is 24.3 Å². The molecule has 0 amide bonds. The molecule has 1 N–H and O–H groups in total. The Morgan fingerprint density at radius 1 is 1.14 bits per heavy atom. The van der Waals surface area contributed by atoms with Crippen molar-refractivity contribution in [2.45, 2.75) is 33.9 Å². The summed E-state index contributed by atoms with van der Waals surface area (Å²) in [7, 11) is 1.24. The molecule has 0 aromatic heterocycles. The minimum Gasteiger partial charge on any atom is -0.496 e. The van der Waals surface area contributed by atoms with Crippen LogP contribution in [0.25, 0.3) is 6.08 Å². The number of nitrogens with one attached hydrogen (secondary N) is 1. The number of benzene rings is 1. The highest BCUT2D eigenvalue weighted by Crippen LogP contribution is 2.36. The molecular weight excluding hydrogens is 291 g/mol. The third kappa shape index (κ3) is 6.10. The van der Waals surface area contributed by atoms with Gasteiger partial charge in [-0.3, -0.25) is 0 Å². The molecule has 1 saturated heterocycles. The van der Waals surface area contributed by atoms with Gasteiger partial charge in [0.2, 0.25) is 0 Å². The molecule has 0 radical (unpaired) electrons. The molecule has 1 aliphatic heterocycles. The van der Waals surface area contributed by atoms with Gasteiger partial charge >= 0.3 is 6.18 Å². The highest BCUT2D eigenvalue weighted by atomic mass is 19.4. The normalized spacial score (nSPS) is 14.4. The van der Waals surface area contributed by atoms with E-state index in [9.17, 15) is 13.2 Å². The van der Waals surface area contributed by atoms with Crippen LogP contribution >= 0.6 is 0 Å². The van der Waals surface area contributed by atoms with E-state index in [1.165, 1.54) is 19.2 Å². The lowest BCUT2D eigenvalue weighted by Gasteiger charge is -2.23. The predicted molar refractivity (Wildman–Crippen MR) is 86.1 cm³/mol. The van der Waals surface area contributed by atoms with E-state index < -0.39 is 11.7 Å². The zero-order chi connectivity index (χ0) is 17.2. The summed E-state index contributed by atoms with van der Waals surface area (Å²) in [5.74, 6) is 0.328. The summed E-state index contributed by atoms with van der Waals surface area (Å²) in [5.41, 5.74) is -0.0285. The van der Waals surface area contributed by atoms with Crippen LogP contribution in [0.5, 0.6) is 5.75 Å². The van der Waals surface area contributed by atoms with Gasteiger partial charge in [0.15, 0.2) is 0 Å². The molecule has 2 nitrogen and oxygen atoms in total. The average molecular weight is 317 g/mol. The Labute approximate surface area is 131 Å². The third-order valence-electron chi connectivity index (χ3n) is 2.90. The highest BCUT2D eigenvalue weighted by molar-refractivity contribution is 5.54. The quantitative estimate of drug-likeness (QED) is 0.847. The van der Waals surface area contributed by atoms with Crippen molar-refractivity contribution >= 4 is 6.08 Å². The van der Waals surface area contributed by atoms with Gasteiger partial charge in [0, 0.05) is 19.0 Å². The zero-order valence-electron chi connectivity index (χ0n) is 13.9. The lowest BCUT2D eigenvalue weighted by Crippen LogP contribution is -2.40. The molecule has 0 atom stereocenters. The second-order valence-electron chi connectivity index (χ2n) is 4.23. The molecule has 126 valence electrons. The van der Waals surface area contributed by atoms with Crippen LogP contribution in [0.3, 0.4) is 0 Å². The van der Waals surface area contributed by atoms with Gasteiger partial charge in [-0.2, -0.15) is 13.2 Å². The lowest BCUT2D eigenvalue weighted by molar-refractivity contribution is -0.138. The van der Waals surface area contributed by atoms with E-state index in [1.807, 2.05) is 39.8 Å². The number of hydrogen-bond acceptors (Lipinski definition) is 2. The maximum Gasteiger partial charge on any atom is 0.419 e. The number of hydrogen-bond donors (Lipinski definition) is 1. The molecular formula is C17H26F3NO. The molecule has 0 aliphatic carbocycles. The topological polar surface area (TPSA) is 21.3 Å². The first-order valence-electron chi connectivity index (χ1n) is 7.65. The van der Waals surface area contributed by atoms with E-state index in [0.29, 0.717) is 11.5 Å². The summed E-state index contributed by atoms with van der Waals surface area (Å²) in [6.45, 7) is 9.85. The summed E-state index contributed by atoms with van der Waals surface area (Å²) < 4.78 is 42.7. The second kappa shape index (κ2) is 10.3. The largest absolute Gasteiger partial charge is 0.496 e.